The van der Waals surface area contributed by atoms with E-state index >= 15 is 0 Å². The van der Waals surface area contributed by atoms with Gasteiger partial charge in [0.15, 0.2) is 0 Å². The molecule has 1 saturated carbocycles. The molecule has 4 heteroatoms. The van der Waals surface area contributed by atoms with Gasteiger partial charge in [0.05, 0.1) is 11.8 Å². The number of hydrogen-bond donors (Lipinski definition) is 1. The Kier molecular flexibility index (Phi) is 4.40. The van der Waals surface area contributed by atoms with Crippen LogP contribution in [0.5, 0.6) is 0 Å². The van der Waals surface area contributed by atoms with Gasteiger partial charge in [-0.2, -0.15) is 5.10 Å². The van der Waals surface area contributed by atoms with Crippen molar-refractivity contribution < 1.29 is 4.74 Å². The Labute approximate surface area is 110 Å². The summed E-state index contributed by atoms with van der Waals surface area (Å²) in [6, 6.07) is 0.489. The van der Waals surface area contributed by atoms with Gasteiger partial charge >= 0.3 is 0 Å². The topological polar surface area (TPSA) is 39.1 Å². The van der Waals surface area contributed by atoms with Crippen LogP contribution in [0.3, 0.4) is 0 Å². The Morgan fingerprint density at radius 2 is 2.06 bits per heavy atom. The third-order valence-electron chi connectivity index (χ3n) is 4.21. The lowest BCUT2D eigenvalue weighted by Crippen LogP contribution is -2.42. The van der Waals surface area contributed by atoms with Crippen molar-refractivity contribution in [3.63, 3.8) is 0 Å². The van der Waals surface area contributed by atoms with Gasteiger partial charge < -0.3 is 10.1 Å². The van der Waals surface area contributed by atoms with Crippen LogP contribution in [0.15, 0.2) is 0 Å². The monoisotopic (exact) mass is 251 g/mol. The summed E-state index contributed by atoms with van der Waals surface area (Å²) in [5, 5.41) is 8.11. The van der Waals surface area contributed by atoms with E-state index in [-0.39, 0.29) is 0 Å². The first-order chi connectivity index (χ1) is 8.63. The first kappa shape index (κ1) is 13.6. The molecule has 0 bridgehead atoms. The van der Waals surface area contributed by atoms with E-state index in [0.717, 1.165) is 12.2 Å². The maximum Gasteiger partial charge on any atom is 0.0724 e. The summed E-state index contributed by atoms with van der Waals surface area (Å²) < 4.78 is 7.53. The van der Waals surface area contributed by atoms with Crippen molar-refractivity contribution in [1.29, 1.82) is 0 Å². The van der Waals surface area contributed by atoms with Crippen molar-refractivity contribution in [2.75, 3.05) is 7.11 Å². The maximum absolute atomic E-state index is 5.57. The SMILES string of the molecule is COC1CCCCC1NCc1c(C)nn(C)c1C. The zero-order valence-electron chi connectivity index (χ0n) is 12.0. The number of nitrogens with zero attached hydrogens (tertiary/aromatic N) is 2. The molecule has 1 heterocycles. The fourth-order valence-electron chi connectivity index (χ4n) is 2.92. The largest absolute Gasteiger partial charge is 0.380 e. The van der Waals surface area contributed by atoms with Crippen LogP contribution in [-0.2, 0) is 18.3 Å². The summed E-state index contributed by atoms with van der Waals surface area (Å²) in [5.41, 5.74) is 3.72. The molecule has 2 rings (SSSR count). The van der Waals surface area contributed by atoms with Gasteiger partial charge in [-0.25, -0.2) is 0 Å². The van der Waals surface area contributed by atoms with E-state index in [1.165, 1.54) is 36.9 Å². The van der Waals surface area contributed by atoms with Crippen molar-refractivity contribution in [1.82, 2.24) is 15.1 Å². The van der Waals surface area contributed by atoms with Crippen molar-refractivity contribution in [2.24, 2.45) is 7.05 Å². The van der Waals surface area contributed by atoms with Crippen LogP contribution in [0.1, 0.15) is 42.6 Å². The molecule has 18 heavy (non-hydrogen) atoms. The van der Waals surface area contributed by atoms with Crippen molar-refractivity contribution >= 4 is 0 Å². The third kappa shape index (κ3) is 2.75. The summed E-state index contributed by atoms with van der Waals surface area (Å²) in [6.07, 6.45) is 5.37. The molecular weight excluding hydrogens is 226 g/mol. The van der Waals surface area contributed by atoms with Crippen molar-refractivity contribution in [3.05, 3.63) is 17.0 Å². The van der Waals surface area contributed by atoms with Crippen LogP contribution in [0.4, 0.5) is 0 Å². The van der Waals surface area contributed by atoms with Crippen molar-refractivity contribution in [2.45, 2.75) is 58.2 Å². The highest BCUT2D eigenvalue weighted by Crippen LogP contribution is 2.21. The maximum atomic E-state index is 5.57. The molecule has 1 aliphatic carbocycles. The quantitative estimate of drug-likeness (QED) is 0.890. The lowest BCUT2D eigenvalue weighted by molar-refractivity contribution is 0.0412. The fraction of sp³-hybridized carbons (Fsp3) is 0.786. The second-order valence-corrected chi connectivity index (χ2v) is 5.32. The lowest BCUT2D eigenvalue weighted by atomic mass is 9.92. The summed E-state index contributed by atoms with van der Waals surface area (Å²) >= 11 is 0. The van der Waals surface area contributed by atoms with E-state index in [2.05, 4.69) is 24.3 Å². The molecule has 0 saturated heterocycles. The highest BCUT2D eigenvalue weighted by Gasteiger charge is 2.24. The predicted molar refractivity (Wildman–Crippen MR) is 72.6 cm³/mol. The normalized spacial score (nSPS) is 24.4. The molecule has 1 fully saturated rings. The summed E-state index contributed by atoms with van der Waals surface area (Å²) in [5.74, 6) is 0. The highest BCUT2D eigenvalue weighted by atomic mass is 16.5. The fourth-order valence-corrected chi connectivity index (χ4v) is 2.92. The van der Waals surface area contributed by atoms with Gasteiger partial charge in [-0.05, 0) is 26.7 Å². The highest BCUT2D eigenvalue weighted by molar-refractivity contribution is 5.24. The van der Waals surface area contributed by atoms with Crippen LogP contribution in [-0.4, -0.2) is 29.0 Å². The number of nitrogens with one attached hydrogen (secondary N) is 1. The van der Waals surface area contributed by atoms with Gasteiger partial charge in [-0.3, -0.25) is 4.68 Å². The number of hydrogen-bond acceptors (Lipinski definition) is 3. The Morgan fingerprint density at radius 3 is 2.67 bits per heavy atom. The summed E-state index contributed by atoms with van der Waals surface area (Å²) in [6.45, 7) is 5.11. The molecule has 1 N–H and O–H groups in total. The minimum atomic E-state index is 0.371. The van der Waals surface area contributed by atoms with Crippen molar-refractivity contribution in [3.8, 4) is 0 Å². The lowest BCUT2D eigenvalue weighted by Gasteiger charge is -2.31. The summed E-state index contributed by atoms with van der Waals surface area (Å²) in [4.78, 5) is 0. The second-order valence-electron chi connectivity index (χ2n) is 5.32. The first-order valence-electron chi connectivity index (χ1n) is 6.88. The number of aromatic nitrogens is 2. The minimum absolute atomic E-state index is 0.371. The molecule has 0 aromatic carbocycles. The molecule has 4 nitrogen and oxygen atoms in total. The van der Waals surface area contributed by atoms with E-state index in [1.54, 1.807) is 0 Å². The number of aryl methyl sites for hydroxylation is 2. The van der Waals surface area contributed by atoms with Gasteiger partial charge in [0.2, 0.25) is 0 Å². The molecule has 2 atom stereocenters. The van der Waals surface area contributed by atoms with Crippen LogP contribution in [0.2, 0.25) is 0 Å². The Morgan fingerprint density at radius 1 is 1.33 bits per heavy atom. The molecule has 2 unspecified atom stereocenters. The Balaban J connectivity index is 1.98. The van der Waals surface area contributed by atoms with E-state index in [0.29, 0.717) is 12.1 Å². The van der Waals surface area contributed by atoms with Crippen LogP contribution in [0, 0.1) is 13.8 Å². The smallest absolute Gasteiger partial charge is 0.0724 e. The van der Waals surface area contributed by atoms with E-state index in [1.807, 2.05) is 18.8 Å². The second kappa shape index (κ2) is 5.85. The van der Waals surface area contributed by atoms with Crippen LogP contribution >= 0.6 is 0 Å². The van der Waals surface area contributed by atoms with Gasteiger partial charge in [0.1, 0.15) is 0 Å². The Hall–Kier alpha value is -0.870. The molecule has 0 radical (unpaired) electrons. The molecule has 102 valence electrons. The average Bonchev–Trinajstić information content (AvgIpc) is 2.62. The molecule has 0 spiro atoms. The first-order valence-corrected chi connectivity index (χ1v) is 6.88. The van der Waals surface area contributed by atoms with E-state index in [9.17, 15) is 0 Å². The molecule has 0 amide bonds. The summed E-state index contributed by atoms with van der Waals surface area (Å²) in [7, 11) is 3.83. The number of methoxy groups -OCH3 is 1. The van der Waals surface area contributed by atoms with Gasteiger partial charge in [0.25, 0.3) is 0 Å². The van der Waals surface area contributed by atoms with Gasteiger partial charge in [-0.15, -0.1) is 0 Å². The van der Waals surface area contributed by atoms with E-state index in [4.69, 9.17) is 4.74 Å². The molecule has 1 aromatic rings. The van der Waals surface area contributed by atoms with E-state index < -0.39 is 0 Å². The van der Waals surface area contributed by atoms with Crippen LogP contribution < -0.4 is 5.32 Å². The molecular formula is C14H25N3O. The Bertz CT molecular complexity index is 400. The molecule has 0 aliphatic heterocycles. The predicted octanol–water partition coefficient (Wildman–Crippen LogP) is 2.08. The zero-order valence-corrected chi connectivity index (χ0v) is 12.0. The number of rotatable bonds is 4. The third-order valence-corrected chi connectivity index (χ3v) is 4.21. The zero-order chi connectivity index (χ0) is 13.1. The standard InChI is InChI=1S/C14H25N3O/c1-10-12(11(2)17(3)16-10)9-15-13-7-5-6-8-14(13)18-4/h13-15H,5-9H2,1-4H3. The minimum Gasteiger partial charge on any atom is -0.380 e. The van der Waals surface area contributed by atoms with Gasteiger partial charge in [0, 0.05) is 38.0 Å². The average molecular weight is 251 g/mol. The van der Waals surface area contributed by atoms with Crippen LogP contribution in [0.25, 0.3) is 0 Å². The molecule has 1 aliphatic rings. The van der Waals surface area contributed by atoms with Gasteiger partial charge in [-0.1, -0.05) is 12.8 Å². The number of ether oxygens (including phenoxy) is 1. The molecule has 1 aromatic heterocycles.